The van der Waals surface area contributed by atoms with Crippen molar-refractivity contribution in [1.82, 2.24) is 15.3 Å². The quantitative estimate of drug-likeness (QED) is 0.934. The molecule has 0 aliphatic carbocycles. The highest BCUT2D eigenvalue weighted by atomic mass is 79.9. The fourth-order valence-corrected chi connectivity index (χ4v) is 2.05. The van der Waals surface area contributed by atoms with E-state index in [9.17, 15) is 0 Å². The Morgan fingerprint density at radius 1 is 1.33 bits per heavy atom. The first-order valence-corrected chi connectivity index (χ1v) is 6.44. The standard InChI is InChI=1S/C12H11BrClN3O/c1-15-5-9-6-17-12(7-16-9)18-11-3-2-8(13)4-10(11)14/h2-4,6-7,15H,5H2,1H3. The van der Waals surface area contributed by atoms with Gasteiger partial charge in [0.05, 0.1) is 23.1 Å². The summed E-state index contributed by atoms with van der Waals surface area (Å²) in [7, 11) is 1.85. The molecule has 1 aromatic carbocycles. The minimum absolute atomic E-state index is 0.416. The molecule has 0 aliphatic heterocycles. The Kier molecular flexibility index (Phi) is 4.52. The van der Waals surface area contributed by atoms with E-state index in [1.807, 2.05) is 13.1 Å². The molecule has 2 rings (SSSR count). The lowest BCUT2D eigenvalue weighted by Crippen LogP contribution is -2.07. The Morgan fingerprint density at radius 3 is 2.78 bits per heavy atom. The number of nitrogens with one attached hydrogen (secondary N) is 1. The number of hydrogen-bond donors (Lipinski definition) is 1. The molecule has 1 N–H and O–H groups in total. The van der Waals surface area contributed by atoms with Gasteiger partial charge in [-0.15, -0.1) is 0 Å². The Balaban J connectivity index is 2.13. The van der Waals surface area contributed by atoms with Crippen molar-refractivity contribution in [3.8, 4) is 11.6 Å². The molecule has 0 bridgehead atoms. The van der Waals surface area contributed by atoms with Crippen molar-refractivity contribution in [1.29, 1.82) is 0 Å². The second kappa shape index (κ2) is 6.13. The maximum Gasteiger partial charge on any atom is 0.237 e. The van der Waals surface area contributed by atoms with Crippen molar-refractivity contribution in [3.05, 3.63) is 45.8 Å². The Bertz CT molecular complexity index is 533. The van der Waals surface area contributed by atoms with E-state index in [4.69, 9.17) is 16.3 Å². The Morgan fingerprint density at radius 2 is 2.17 bits per heavy atom. The molecule has 0 aliphatic rings. The summed E-state index contributed by atoms with van der Waals surface area (Å²) < 4.78 is 6.45. The van der Waals surface area contributed by atoms with Crippen LogP contribution in [-0.2, 0) is 6.54 Å². The molecule has 18 heavy (non-hydrogen) atoms. The third-order valence-electron chi connectivity index (χ3n) is 2.15. The molecular weight excluding hydrogens is 318 g/mol. The minimum atomic E-state index is 0.416. The SMILES string of the molecule is CNCc1cnc(Oc2ccc(Br)cc2Cl)cn1. The molecular formula is C12H11BrClN3O. The van der Waals surface area contributed by atoms with Crippen molar-refractivity contribution in [2.75, 3.05) is 7.05 Å². The van der Waals surface area contributed by atoms with Crippen LogP contribution >= 0.6 is 27.5 Å². The number of ether oxygens (including phenoxy) is 1. The average Bonchev–Trinajstić information content (AvgIpc) is 2.35. The van der Waals surface area contributed by atoms with Crippen molar-refractivity contribution < 1.29 is 4.74 Å². The van der Waals surface area contributed by atoms with Gasteiger partial charge in [0.2, 0.25) is 5.88 Å². The van der Waals surface area contributed by atoms with Crippen LogP contribution in [-0.4, -0.2) is 17.0 Å². The van der Waals surface area contributed by atoms with Crippen molar-refractivity contribution in [3.63, 3.8) is 0 Å². The molecule has 0 radical (unpaired) electrons. The smallest absolute Gasteiger partial charge is 0.237 e. The van der Waals surface area contributed by atoms with Gasteiger partial charge < -0.3 is 10.1 Å². The Labute approximate surface area is 118 Å². The van der Waals surface area contributed by atoms with Crippen LogP contribution in [0.3, 0.4) is 0 Å². The van der Waals surface area contributed by atoms with E-state index in [2.05, 4.69) is 31.2 Å². The highest BCUT2D eigenvalue weighted by molar-refractivity contribution is 9.10. The van der Waals surface area contributed by atoms with Gasteiger partial charge in [0.15, 0.2) is 0 Å². The lowest BCUT2D eigenvalue weighted by atomic mass is 10.3. The maximum absolute atomic E-state index is 6.05. The van der Waals surface area contributed by atoms with Gasteiger partial charge in [0.1, 0.15) is 5.75 Å². The van der Waals surface area contributed by atoms with Crippen molar-refractivity contribution >= 4 is 27.5 Å². The summed E-state index contributed by atoms with van der Waals surface area (Å²) in [5, 5.41) is 3.52. The lowest BCUT2D eigenvalue weighted by Gasteiger charge is -2.07. The summed E-state index contributed by atoms with van der Waals surface area (Å²) in [4.78, 5) is 8.37. The van der Waals surface area contributed by atoms with Gasteiger partial charge in [0, 0.05) is 11.0 Å². The molecule has 0 saturated heterocycles. The third kappa shape index (κ3) is 3.41. The monoisotopic (exact) mass is 327 g/mol. The van der Waals surface area contributed by atoms with Crippen molar-refractivity contribution in [2.45, 2.75) is 6.54 Å². The van der Waals surface area contributed by atoms with Crippen LogP contribution in [0.25, 0.3) is 0 Å². The normalized spacial score (nSPS) is 10.4. The van der Waals surface area contributed by atoms with Gasteiger partial charge >= 0.3 is 0 Å². The summed E-state index contributed by atoms with van der Waals surface area (Å²) in [6, 6.07) is 5.39. The van der Waals surface area contributed by atoms with E-state index in [1.165, 1.54) is 0 Å². The van der Waals surface area contributed by atoms with Gasteiger partial charge in [-0.1, -0.05) is 27.5 Å². The van der Waals surface area contributed by atoms with Crippen LogP contribution in [0.4, 0.5) is 0 Å². The number of hydrogen-bond acceptors (Lipinski definition) is 4. The number of nitrogens with zero attached hydrogens (tertiary/aromatic N) is 2. The molecule has 0 amide bonds. The van der Waals surface area contributed by atoms with Crippen LogP contribution in [0.1, 0.15) is 5.69 Å². The molecule has 6 heteroatoms. The molecule has 0 spiro atoms. The molecule has 0 fully saturated rings. The largest absolute Gasteiger partial charge is 0.436 e. The summed E-state index contributed by atoms with van der Waals surface area (Å²) in [6.07, 6.45) is 3.24. The molecule has 0 atom stereocenters. The van der Waals surface area contributed by atoms with Crippen LogP contribution in [0.5, 0.6) is 11.6 Å². The first-order chi connectivity index (χ1) is 8.69. The second-order valence-corrected chi connectivity index (χ2v) is 4.88. The van der Waals surface area contributed by atoms with Crippen molar-refractivity contribution in [2.24, 2.45) is 0 Å². The molecule has 1 aromatic heterocycles. The predicted octanol–water partition coefficient (Wildman–Crippen LogP) is 3.40. The highest BCUT2D eigenvalue weighted by Gasteiger charge is 2.05. The highest BCUT2D eigenvalue weighted by Crippen LogP contribution is 2.30. The molecule has 0 saturated carbocycles. The van der Waals surface area contributed by atoms with Crippen LogP contribution in [0.15, 0.2) is 35.1 Å². The zero-order valence-electron chi connectivity index (χ0n) is 9.65. The topological polar surface area (TPSA) is 47.0 Å². The molecule has 4 nitrogen and oxygen atoms in total. The first kappa shape index (κ1) is 13.3. The maximum atomic E-state index is 6.05. The van der Waals surface area contributed by atoms with Crippen LogP contribution in [0.2, 0.25) is 5.02 Å². The lowest BCUT2D eigenvalue weighted by molar-refractivity contribution is 0.459. The fraction of sp³-hybridized carbons (Fsp3) is 0.167. The van der Waals surface area contributed by atoms with Gasteiger partial charge in [-0.2, -0.15) is 0 Å². The van der Waals surface area contributed by atoms with E-state index >= 15 is 0 Å². The molecule has 1 heterocycles. The molecule has 2 aromatic rings. The van der Waals surface area contributed by atoms with Crippen LogP contribution in [0, 0.1) is 0 Å². The molecule has 0 unspecified atom stereocenters. The number of halogens is 2. The Hall–Kier alpha value is -1.17. The van der Waals surface area contributed by atoms with Gasteiger partial charge in [0.25, 0.3) is 0 Å². The van der Waals surface area contributed by atoms with E-state index in [-0.39, 0.29) is 0 Å². The summed E-state index contributed by atoms with van der Waals surface area (Å²) in [6.45, 7) is 0.673. The van der Waals surface area contributed by atoms with E-state index < -0.39 is 0 Å². The first-order valence-electron chi connectivity index (χ1n) is 5.27. The van der Waals surface area contributed by atoms with Crippen LogP contribution < -0.4 is 10.1 Å². The zero-order valence-corrected chi connectivity index (χ0v) is 12.0. The fourth-order valence-electron chi connectivity index (χ4n) is 1.34. The second-order valence-electron chi connectivity index (χ2n) is 3.55. The summed E-state index contributed by atoms with van der Waals surface area (Å²) in [5.74, 6) is 0.967. The average molecular weight is 329 g/mol. The predicted molar refractivity (Wildman–Crippen MR) is 74.0 cm³/mol. The van der Waals surface area contributed by atoms with Gasteiger partial charge in [-0.25, -0.2) is 4.98 Å². The summed E-state index contributed by atoms with van der Waals surface area (Å²) >= 11 is 9.38. The number of benzene rings is 1. The van der Waals surface area contributed by atoms with E-state index in [1.54, 1.807) is 24.5 Å². The number of rotatable bonds is 4. The third-order valence-corrected chi connectivity index (χ3v) is 2.94. The molecule has 94 valence electrons. The van der Waals surface area contributed by atoms with Gasteiger partial charge in [-0.3, -0.25) is 4.98 Å². The van der Waals surface area contributed by atoms with E-state index in [0.29, 0.717) is 23.2 Å². The zero-order chi connectivity index (χ0) is 13.0. The summed E-state index contributed by atoms with van der Waals surface area (Å²) in [5.41, 5.74) is 0.853. The number of aromatic nitrogens is 2. The van der Waals surface area contributed by atoms with Gasteiger partial charge in [-0.05, 0) is 25.2 Å². The minimum Gasteiger partial charge on any atom is -0.436 e. The van der Waals surface area contributed by atoms with E-state index in [0.717, 1.165) is 10.2 Å².